The molecule has 1 saturated heterocycles. The molecule has 0 amide bonds. The topological polar surface area (TPSA) is 24.1 Å². The van der Waals surface area contributed by atoms with Crippen molar-refractivity contribution in [3.05, 3.63) is 5.37 Å². The molecular weight excluding hydrogens is 132 g/mol. The van der Waals surface area contributed by atoms with Crippen LogP contribution in [0.3, 0.4) is 0 Å². The number of likely N-dealkylation sites (N-methyl/N-ethyl adjacent to an activating group) is 1. The maximum Gasteiger partial charge on any atom is 0.106 e. The SMILES string of the molecule is CCN[C]1CNCCS1. The van der Waals surface area contributed by atoms with Crippen LogP contribution in [0.1, 0.15) is 6.92 Å². The summed E-state index contributed by atoms with van der Waals surface area (Å²) in [5, 5.41) is 7.99. The molecule has 0 saturated carbocycles. The Labute approximate surface area is 60.8 Å². The van der Waals surface area contributed by atoms with Gasteiger partial charge < -0.3 is 5.32 Å². The molecule has 1 radical (unpaired) electrons. The molecule has 0 unspecified atom stereocenters. The second-order valence-corrected chi connectivity index (χ2v) is 3.17. The highest BCUT2D eigenvalue weighted by atomic mass is 32.2. The Morgan fingerprint density at radius 3 is 3.22 bits per heavy atom. The van der Waals surface area contributed by atoms with E-state index in [-0.39, 0.29) is 0 Å². The summed E-state index contributed by atoms with van der Waals surface area (Å²) in [4.78, 5) is 0. The maximum atomic E-state index is 3.30. The summed E-state index contributed by atoms with van der Waals surface area (Å²) in [5.74, 6) is 1.21. The van der Waals surface area contributed by atoms with Crippen LogP contribution in [0.5, 0.6) is 0 Å². The van der Waals surface area contributed by atoms with E-state index in [1.54, 1.807) is 0 Å². The fraction of sp³-hybridized carbons (Fsp3) is 0.833. The van der Waals surface area contributed by atoms with Gasteiger partial charge >= 0.3 is 0 Å². The largest absolute Gasteiger partial charge is 0.313 e. The van der Waals surface area contributed by atoms with Gasteiger partial charge in [0, 0.05) is 18.8 Å². The molecule has 1 aliphatic rings. The molecular formula is C6H13N2S. The lowest BCUT2D eigenvalue weighted by molar-refractivity contribution is 0.676. The molecule has 0 aliphatic carbocycles. The summed E-state index contributed by atoms with van der Waals surface area (Å²) in [5.41, 5.74) is 0. The van der Waals surface area contributed by atoms with Gasteiger partial charge in [0.2, 0.25) is 0 Å². The first kappa shape index (κ1) is 7.38. The van der Waals surface area contributed by atoms with Crippen LogP contribution in [0.2, 0.25) is 0 Å². The van der Waals surface area contributed by atoms with Gasteiger partial charge in [-0.15, -0.1) is 11.8 Å². The van der Waals surface area contributed by atoms with E-state index in [2.05, 4.69) is 17.6 Å². The molecule has 3 heteroatoms. The molecule has 0 aromatic carbocycles. The van der Waals surface area contributed by atoms with E-state index in [1.165, 1.54) is 11.1 Å². The van der Waals surface area contributed by atoms with Crippen LogP contribution < -0.4 is 10.6 Å². The molecule has 0 atom stereocenters. The zero-order valence-corrected chi connectivity index (χ0v) is 6.55. The molecule has 9 heavy (non-hydrogen) atoms. The normalized spacial score (nSPS) is 22.3. The summed E-state index contributed by atoms with van der Waals surface area (Å²) in [6, 6.07) is 0. The number of hydrogen-bond donors (Lipinski definition) is 2. The van der Waals surface area contributed by atoms with Crippen molar-refractivity contribution in [2.24, 2.45) is 0 Å². The summed E-state index contributed by atoms with van der Waals surface area (Å²) >= 11 is 1.93. The summed E-state index contributed by atoms with van der Waals surface area (Å²) in [7, 11) is 0. The average Bonchev–Trinajstić information content (AvgIpc) is 1.91. The lowest BCUT2D eigenvalue weighted by atomic mass is 10.5. The zero-order valence-electron chi connectivity index (χ0n) is 5.74. The maximum absolute atomic E-state index is 3.30. The van der Waals surface area contributed by atoms with Crippen LogP contribution in [0.25, 0.3) is 0 Å². The first-order chi connectivity index (χ1) is 4.43. The lowest BCUT2D eigenvalue weighted by Gasteiger charge is -2.21. The zero-order chi connectivity index (χ0) is 6.53. The van der Waals surface area contributed by atoms with Gasteiger partial charge in [-0.05, 0) is 6.54 Å². The van der Waals surface area contributed by atoms with Crippen LogP contribution >= 0.6 is 11.8 Å². The highest BCUT2D eigenvalue weighted by Gasteiger charge is 2.11. The van der Waals surface area contributed by atoms with Gasteiger partial charge in [0.25, 0.3) is 0 Å². The Balaban J connectivity index is 2.08. The van der Waals surface area contributed by atoms with Crippen molar-refractivity contribution < 1.29 is 0 Å². The van der Waals surface area contributed by atoms with Crippen LogP contribution in [0.15, 0.2) is 0 Å². The van der Waals surface area contributed by atoms with Gasteiger partial charge in [0.1, 0.15) is 5.37 Å². The van der Waals surface area contributed by atoms with Crippen LogP contribution in [0, 0.1) is 5.37 Å². The van der Waals surface area contributed by atoms with Gasteiger partial charge in [0.15, 0.2) is 0 Å². The molecule has 0 aromatic rings. The van der Waals surface area contributed by atoms with E-state index >= 15 is 0 Å². The molecule has 0 aromatic heterocycles. The minimum absolute atomic E-state index is 1.04. The van der Waals surface area contributed by atoms with Gasteiger partial charge in [-0.25, -0.2) is 0 Å². The number of hydrogen-bond acceptors (Lipinski definition) is 3. The van der Waals surface area contributed by atoms with E-state index in [1.807, 2.05) is 11.8 Å². The van der Waals surface area contributed by atoms with E-state index in [4.69, 9.17) is 0 Å². The standard InChI is InChI=1S/C6H13N2S/c1-2-8-6-5-7-3-4-9-6/h7-8H,2-5H2,1H3. The highest BCUT2D eigenvalue weighted by molar-refractivity contribution is 8.02. The quantitative estimate of drug-likeness (QED) is 0.589. The van der Waals surface area contributed by atoms with Crippen molar-refractivity contribution in [3.63, 3.8) is 0 Å². The van der Waals surface area contributed by atoms with E-state index in [0.29, 0.717) is 0 Å². The van der Waals surface area contributed by atoms with Crippen molar-refractivity contribution in [1.82, 2.24) is 10.6 Å². The average molecular weight is 145 g/mol. The van der Waals surface area contributed by atoms with Gasteiger partial charge in [0.05, 0.1) is 0 Å². The molecule has 1 rings (SSSR count). The van der Waals surface area contributed by atoms with Crippen molar-refractivity contribution >= 4 is 11.8 Å². The van der Waals surface area contributed by atoms with Crippen molar-refractivity contribution in [3.8, 4) is 0 Å². The highest BCUT2D eigenvalue weighted by Crippen LogP contribution is 2.16. The number of nitrogens with one attached hydrogen (secondary N) is 2. The van der Waals surface area contributed by atoms with E-state index in [0.717, 1.165) is 19.6 Å². The predicted molar refractivity (Wildman–Crippen MR) is 42.2 cm³/mol. The van der Waals surface area contributed by atoms with E-state index < -0.39 is 0 Å². The van der Waals surface area contributed by atoms with Gasteiger partial charge in [-0.2, -0.15) is 0 Å². The van der Waals surface area contributed by atoms with Crippen LogP contribution in [0.4, 0.5) is 0 Å². The summed E-state index contributed by atoms with van der Waals surface area (Å²) in [6.07, 6.45) is 0. The van der Waals surface area contributed by atoms with Crippen molar-refractivity contribution in [2.45, 2.75) is 6.92 Å². The number of rotatable bonds is 2. The minimum Gasteiger partial charge on any atom is -0.313 e. The fourth-order valence-corrected chi connectivity index (χ4v) is 1.75. The molecule has 1 aliphatic heterocycles. The Hall–Kier alpha value is 0.270. The van der Waals surface area contributed by atoms with Crippen molar-refractivity contribution in [1.29, 1.82) is 0 Å². The van der Waals surface area contributed by atoms with Gasteiger partial charge in [-0.1, -0.05) is 6.92 Å². The Bertz CT molecular complexity index is 68.7. The molecule has 0 spiro atoms. The Kier molecular flexibility index (Phi) is 3.40. The van der Waals surface area contributed by atoms with Crippen LogP contribution in [-0.4, -0.2) is 25.4 Å². The fourth-order valence-electron chi connectivity index (χ4n) is 0.810. The first-order valence-electron chi connectivity index (χ1n) is 3.36. The predicted octanol–water partition coefficient (Wildman–Crippen LogP) is 0.422. The molecule has 2 nitrogen and oxygen atoms in total. The molecule has 1 heterocycles. The Morgan fingerprint density at radius 1 is 1.78 bits per heavy atom. The first-order valence-corrected chi connectivity index (χ1v) is 4.35. The van der Waals surface area contributed by atoms with E-state index in [9.17, 15) is 0 Å². The summed E-state index contributed by atoms with van der Waals surface area (Å²) in [6.45, 7) is 5.37. The van der Waals surface area contributed by atoms with Crippen LogP contribution in [-0.2, 0) is 0 Å². The molecule has 1 fully saturated rings. The Morgan fingerprint density at radius 2 is 2.67 bits per heavy atom. The monoisotopic (exact) mass is 145 g/mol. The third kappa shape index (κ3) is 2.56. The van der Waals surface area contributed by atoms with Crippen molar-refractivity contribution in [2.75, 3.05) is 25.4 Å². The minimum atomic E-state index is 1.04. The second-order valence-electron chi connectivity index (χ2n) is 1.98. The third-order valence-electron chi connectivity index (χ3n) is 1.21. The lowest BCUT2D eigenvalue weighted by Crippen LogP contribution is -2.35. The van der Waals surface area contributed by atoms with Gasteiger partial charge in [-0.3, -0.25) is 5.32 Å². The third-order valence-corrected chi connectivity index (χ3v) is 2.26. The second kappa shape index (κ2) is 4.14. The molecule has 2 N–H and O–H groups in total. The molecule has 53 valence electrons. The smallest absolute Gasteiger partial charge is 0.106 e. The molecule has 0 bridgehead atoms. The summed E-state index contributed by atoms with van der Waals surface area (Å²) < 4.78 is 0. The number of thioether (sulfide) groups is 1.